The number of nitrogens with zero attached hydrogens (tertiary/aromatic N) is 1. The number of nitrogens with one attached hydrogen (secondary N) is 1. The number of hydrogen-bond acceptors (Lipinski definition) is 3. The number of ether oxygens (including phenoxy) is 1. The average Bonchev–Trinajstić information content (AvgIpc) is 2.41. The van der Waals surface area contributed by atoms with Crippen molar-refractivity contribution in [3.05, 3.63) is 35.4 Å². The Bertz CT molecular complexity index is 543. The van der Waals surface area contributed by atoms with Gasteiger partial charge in [0.2, 0.25) is 0 Å². The largest absolute Gasteiger partial charge is 0.444 e. The fraction of sp³-hybridized carbons (Fsp3) is 0.562. The fourth-order valence-corrected chi connectivity index (χ4v) is 2.46. The molecular weight excluding hydrogens is 290 g/mol. The second-order valence-electron chi connectivity index (χ2n) is 6.47. The number of amides is 1. The Hall–Kier alpha value is -1.69. The third-order valence-corrected chi connectivity index (χ3v) is 3.44. The van der Waals surface area contributed by atoms with Crippen LogP contribution in [0, 0.1) is 11.6 Å². The molecule has 0 unspecified atom stereocenters. The van der Waals surface area contributed by atoms with Crippen LogP contribution in [-0.4, -0.2) is 42.3 Å². The molecule has 0 aromatic heterocycles. The van der Waals surface area contributed by atoms with E-state index in [0.29, 0.717) is 19.6 Å². The molecule has 4 nitrogen and oxygen atoms in total. The van der Waals surface area contributed by atoms with Gasteiger partial charge >= 0.3 is 6.09 Å². The summed E-state index contributed by atoms with van der Waals surface area (Å²) in [6, 6.07) is 3.11. The van der Waals surface area contributed by atoms with Crippen LogP contribution in [0.2, 0.25) is 0 Å². The van der Waals surface area contributed by atoms with Crippen LogP contribution in [0.5, 0.6) is 0 Å². The molecular formula is C16H22F2N2O2. The van der Waals surface area contributed by atoms with Crippen LogP contribution in [0.25, 0.3) is 0 Å². The quantitative estimate of drug-likeness (QED) is 0.913. The lowest BCUT2D eigenvalue weighted by molar-refractivity contribution is 0.0121. The van der Waals surface area contributed by atoms with E-state index in [4.69, 9.17) is 4.74 Å². The molecule has 1 N–H and O–H groups in total. The first-order chi connectivity index (χ1) is 10.3. The van der Waals surface area contributed by atoms with E-state index in [1.165, 1.54) is 6.07 Å². The second kappa shape index (κ2) is 6.60. The minimum Gasteiger partial charge on any atom is -0.444 e. The van der Waals surface area contributed by atoms with Crippen molar-refractivity contribution < 1.29 is 18.3 Å². The summed E-state index contributed by atoms with van der Waals surface area (Å²) in [6.07, 6.45) is -0.175. The summed E-state index contributed by atoms with van der Waals surface area (Å²) in [5.74, 6) is -0.944. The number of piperazine rings is 1. The first-order valence-electron chi connectivity index (χ1n) is 7.40. The summed E-state index contributed by atoms with van der Waals surface area (Å²) in [5.41, 5.74) is -0.321. The van der Waals surface area contributed by atoms with Gasteiger partial charge in [-0.2, -0.15) is 0 Å². The van der Waals surface area contributed by atoms with E-state index in [1.807, 2.05) is 0 Å². The lowest BCUT2D eigenvalue weighted by atomic mass is 10.0. The lowest BCUT2D eigenvalue weighted by Gasteiger charge is -2.37. The van der Waals surface area contributed by atoms with Crippen molar-refractivity contribution in [2.75, 3.05) is 19.6 Å². The number of halogens is 2. The molecule has 0 spiro atoms. The van der Waals surface area contributed by atoms with Crippen LogP contribution in [-0.2, 0) is 11.2 Å². The van der Waals surface area contributed by atoms with Crippen molar-refractivity contribution in [3.8, 4) is 0 Å². The molecule has 0 radical (unpaired) electrons. The van der Waals surface area contributed by atoms with Crippen molar-refractivity contribution in [2.24, 2.45) is 0 Å². The van der Waals surface area contributed by atoms with Gasteiger partial charge in [-0.15, -0.1) is 0 Å². The SMILES string of the molecule is CC(C)(C)OC(=O)N1CCNC[C@@H]1Cc1cc(F)ccc1F. The molecule has 0 bridgehead atoms. The van der Waals surface area contributed by atoms with Gasteiger partial charge in [0.25, 0.3) is 0 Å². The highest BCUT2D eigenvalue weighted by Crippen LogP contribution is 2.18. The van der Waals surface area contributed by atoms with Gasteiger partial charge in [0, 0.05) is 19.6 Å². The topological polar surface area (TPSA) is 41.6 Å². The van der Waals surface area contributed by atoms with Gasteiger partial charge in [-0.05, 0) is 51.0 Å². The van der Waals surface area contributed by atoms with Crippen LogP contribution in [0.15, 0.2) is 18.2 Å². The predicted octanol–water partition coefficient (Wildman–Crippen LogP) is 2.72. The maximum Gasteiger partial charge on any atom is 0.410 e. The Kier molecular flexibility index (Phi) is 5.01. The van der Waals surface area contributed by atoms with E-state index in [2.05, 4.69) is 5.32 Å². The third kappa shape index (κ3) is 4.40. The summed E-state index contributed by atoms with van der Waals surface area (Å²) in [5, 5.41) is 3.17. The van der Waals surface area contributed by atoms with E-state index in [9.17, 15) is 13.6 Å². The van der Waals surface area contributed by atoms with Crippen molar-refractivity contribution in [1.29, 1.82) is 0 Å². The molecule has 0 aliphatic carbocycles. The summed E-state index contributed by atoms with van der Waals surface area (Å²) in [6.45, 7) is 7.06. The zero-order chi connectivity index (χ0) is 16.3. The van der Waals surface area contributed by atoms with Crippen LogP contribution in [0.1, 0.15) is 26.3 Å². The van der Waals surface area contributed by atoms with Crippen LogP contribution < -0.4 is 5.32 Å². The number of carbonyl (C=O) groups is 1. The normalized spacial score (nSPS) is 19.1. The van der Waals surface area contributed by atoms with Crippen molar-refractivity contribution in [3.63, 3.8) is 0 Å². The molecule has 1 fully saturated rings. The van der Waals surface area contributed by atoms with Crippen molar-refractivity contribution in [1.82, 2.24) is 10.2 Å². The van der Waals surface area contributed by atoms with Crippen molar-refractivity contribution >= 4 is 6.09 Å². The molecule has 122 valence electrons. The van der Waals surface area contributed by atoms with Gasteiger partial charge in [0.05, 0.1) is 6.04 Å². The van der Waals surface area contributed by atoms with E-state index in [0.717, 1.165) is 12.1 Å². The van der Waals surface area contributed by atoms with E-state index >= 15 is 0 Å². The number of hydrogen-bond donors (Lipinski definition) is 1. The van der Waals surface area contributed by atoms with Crippen LogP contribution in [0.4, 0.5) is 13.6 Å². The zero-order valence-corrected chi connectivity index (χ0v) is 13.2. The maximum atomic E-state index is 13.8. The molecule has 1 aromatic rings. The molecule has 1 aliphatic rings. The highest BCUT2D eigenvalue weighted by molar-refractivity contribution is 5.68. The molecule has 1 aliphatic heterocycles. The standard InChI is InChI=1S/C16H22F2N2O2/c1-16(2,3)22-15(21)20-7-6-19-10-13(20)9-11-8-12(17)4-5-14(11)18/h4-5,8,13,19H,6-7,9-10H2,1-3H3/t13-/m0/s1. The first kappa shape index (κ1) is 16.7. The van der Waals surface area contributed by atoms with Crippen LogP contribution in [0.3, 0.4) is 0 Å². The van der Waals surface area contributed by atoms with E-state index < -0.39 is 23.3 Å². The Morgan fingerprint density at radius 1 is 1.41 bits per heavy atom. The van der Waals surface area contributed by atoms with Gasteiger partial charge in [0.1, 0.15) is 17.2 Å². The van der Waals surface area contributed by atoms with Crippen LogP contribution >= 0.6 is 0 Å². The summed E-state index contributed by atoms with van der Waals surface area (Å²) >= 11 is 0. The molecule has 1 atom stereocenters. The predicted molar refractivity (Wildman–Crippen MR) is 79.7 cm³/mol. The molecule has 2 rings (SSSR count). The zero-order valence-electron chi connectivity index (χ0n) is 13.2. The summed E-state index contributed by atoms with van der Waals surface area (Å²) in [7, 11) is 0. The molecule has 1 aromatic carbocycles. The lowest BCUT2D eigenvalue weighted by Crippen LogP contribution is -2.55. The highest BCUT2D eigenvalue weighted by Gasteiger charge is 2.31. The van der Waals surface area contributed by atoms with E-state index in [1.54, 1.807) is 25.7 Å². The minimum atomic E-state index is -0.587. The minimum absolute atomic E-state index is 0.246. The van der Waals surface area contributed by atoms with Gasteiger partial charge < -0.3 is 15.0 Å². The molecule has 0 saturated carbocycles. The van der Waals surface area contributed by atoms with Gasteiger partial charge in [-0.1, -0.05) is 0 Å². The monoisotopic (exact) mass is 312 g/mol. The molecule has 22 heavy (non-hydrogen) atoms. The Morgan fingerprint density at radius 2 is 2.14 bits per heavy atom. The summed E-state index contributed by atoms with van der Waals surface area (Å²) < 4.78 is 32.5. The number of benzene rings is 1. The number of rotatable bonds is 2. The Labute approximate surface area is 129 Å². The Balaban J connectivity index is 2.13. The number of carbonyl (C=O) groups excluding carboxylic acids is 1. The molecule has 6 heteroatoms. The second-order valence-corrected chi connectivity index (χ2v) is 6.47. The van der Waals surface area contributed by atoms with E-state index in [-0.39, 0.29) is 18.0 Å². The fourth-order valence-electron chi connectivity index (χ4n) is 2.46. The first-order valence-corrected chi connectivity index (χ1v) is 7.40. The average molecular weight is 312 g/mol. The van der Waals surface area contributed by atoms with Crippen molar-refractivity contribution in [2.45, 2.75) is 38.8 Å². The maximum absolute atomic E-state index is 13.8. The Morgan fingerprint density at radius 3 is 2.82 bits per heavy atom. The molecule has 1 amide bonds. The van der Waals surface area contributed by atoms with Gasteiger partial charge in [-0.3, -0.25) is 0 Å². The van der Waals surface area contributed by atoms with Gasteiger partial charge in [-0.25, -0.2) is 13.6 Å². The highest BCUT2D eigenvalue weighted by atomic mass is 19.1. The molecule has 1 saturated heterocycles. The van der Waals surface area contributed by atoms with Gasteiger partial charge in [0.15, 0.2) is 0 Å². The summed E-state index contributed by atoms with van der Waals surface area (Å²) in [4.78, 5) is 13.9. The smallest absolute Gasteiger partial charge is 0.410 e. The third-order valence-electron chi connectivity index (χ3n) is 3.44. The molecule has 1 heterocycles.